The molecule has 1 heterocycles. The van der Waals surface area contributed by atoms with Crippen LogP contribution in [0.5, 0.6) is 5.75 Å². The second-order valence-corrected chi connectivity index (χ2v) is 7.97. The van der Waals surface area contributed by atoms with Gasteiger partial charge < -0.3 is 19.9 Å². The summed E-state index contributed by atoms with van der Waals surface area (Å²) in [6, 6.07) is 8.10. The normalized spacial score (nSPS) is 11.7. The molecule has 8 heteroatoms. The number of rotatable bonds is 11. The zero-order valence-corrected chi connectivity index (χ0v) is 19.1. The number of aromatic nitrogens is 3. The van der Waals surface area contributed by atoms with Crippen LogP contribution in [0.3, 0.4) is 0 Å². The minimum atomic E-state index is 0.569. The number of hydrogen-bond donors (Lipinski definition) is 2. The first-order valence-electron chi connectivity index (χ1n) is 10.1. The number of nitrogens with zero attached hydrogens (tertiary/aromatic N) is 4. The van der Waals surface area contributed by atoms with E-state index in [1.54, 1.807) is 25.9 Å². The summed E-state index contributed by atoms with van der Waals surface area (Å²) >= 11 is 1.65. The molecule has 1 aromatic carbocycles. The highest BCUT2D eigenvalue weighted by Crippen LogP contribution is 2.17. The van der Waals surface area contributed by atoms with E-state index in [2.05, 4.69) is 50.3 Å². The summed E-state index contributed by atoms with van der Waals surface area (Å²) in [6.07, 6.45) is 4.79. The van der Waals surface area contributed by atoms with Crippen LogP contribution in [0.1, 0.15) is 31.7 Å². The van der Waals surface area contributed by atoms with Crippen molar-refractivity contribution in [3.05, 3.63) is 35.7 Å². The predicted molar refractivity (Wildman–Crippen MR) is 121 cm³/mol. The lowest BCUT2D eigenvalue weighted by Gasteiger charge is -2.14. The Hall–Kier alpha value is -2.22. The van der Waals surface area contributed by atoms with Gasteiger partial charge in [0.1, 0.15) is 11.6 Å². The van der Waals surface area contributed by atoms with E-state index in [0.29, 0.717) is 5.92 Å². The molecule has 0 aliphatic rings. The lowest BCUT2D eigenvalue weighted by molar-refractivity contribution is 0.409. The van der Waals surface area contributed by atoms with Gasteiger partial charge in [-0.15, -0.1) is 10.2 Å². The third kappa shape index (κ3) is 7.27. The summed E-state index contributed by atoms with van der Waals surface area (Å²) in [6.45, 7) is 7.02. The molecule has 0 fully saturated rings. The van der Waals surface area contributed by atoms with E-state index < -0.39 is 0 Å². The number of aryl methyl sites for hydroxylation is 1. The molecule has 0 saturated heterocycles. The first-order valence-corrected chi connectivity index (χ1v) is 11.3. The minimum Gasteiger partial charge on any atom is -0.496 e. The summed E-state index contributed by atoms with van der Waals surface area (Å²) < 4.78 is 7.65. The number of hydrogen-bond acceptors (Lipinski definition) is 5. The van der Waals surface area contributed by atoms with Gasteiger partial charge >= 0.3 is 0 Å². The van der Waals surface area contributed by atoms with Crippen LogP contribution in [0.4, 0.5) is 0 Å². The maximum Gasteiger partial charge on any atom is 0.190 e. The van der Waals surface area contributed by atoms with Gasteiger partial charge in [-0.3, -0.25) is 4.99 Å². The molecule has 160 valence electrons. The zero-order chi connectivity index (χ0) is 21.1. The minimum absolute atomic E-state index is 0.569. The standard InChI is InChI=1S/C21H34N6OS/c1-16(2)15-27-19(25-26-21(27)29-5)11-8-13-23-20(22-3)24-14-12-17-9-6-7-10-18(17)28-4/h6-7,9-10,16H,8,11-15H2,1-5H3,(H2,22,23,24). The Morgan fingerprint density at radius 3 is 2.62 bits per heavy atom. The van der Waals surface area contributed by atoms with Gasteiger partial charge in [-0.1, -0.05) is 43.8 Å². The Morgan fingerprint density at radius 1 is 1.17 bits per heavy atom. The summed E-state index contributed by atoms with van der Waals surface area (Å²) in [5, 5.41) is 16.4. The van der Waals surface area contributed by atoms with Crippen molar-refractivity contribution in [1.29, 1.82) is 0 Å². The number of methoxy groups -OCH3 is 1. The molecule has 0 bridgehead atoms. The van der Waals surface area contributed by atoms with Crippen LogP contribution in [0, 0.1) is 5.92 Å². The highest BCUT2D eigenvalue weighted by atomic mass is 32.2. The number of para-hydroxylation sites is 1. The van der Waals surface area contributed by atoms with Gasteiger partial charge in [-0.25, -0.2) is 0 Å². The molecule has 1 aromatic heterocycles. The molecule has 0 atom stereocenters. The van der Waals surface area contributed by atoms with Crippen molar-refractivity contribution in [1.82, 2.24) is 25.4 Å². The number of benzene rings is 1. The SMILES string of the molecule is CN=C(NCCCc1nnc(SC)n1CC(C)C)NCCc1ccccc1OC. The van der Waals surface area contributed by atoms with Crippen LogP contribution in [0.25, 0.3) is 0 Å². The topological polar surface area (TPSA) is 76.4 Å². The van der Waals surface area contributed by atoms with Crippen LogP contribution < -0.4 is 15.4 Å². The van der Waals surface area contributed by atoms with Crippen molar-refractivity contribution in [2.75, 3.05) is 33.5 Å². The molecule has 0 aliphatic carbocycles. The van der Waals surface area contributed by atoms with E-state index in [0.717, 1.165) is 61.6 Å². The lowest BCUT2D eigenvalue weighted by atomic mass is 10.1. The van der Waals surface area contributed by atoms with Gasteiger partial charge in [0, 0.05) is 33.1 Å². The Kier molecular flexibility index (Phi) is 9.83. The van der Waals surface area contributed by atoms with Crippen molar-refractivity contribution in [2.24, 2.45) is 10.9 Å². The average molecular weight is 419 g/mol. The highest BCUT2D eigenvalue weighted by Gasteiger charge is 2.12. The van der Waals surface area contributed by atoms with Crippen LogP contribution in [-0.2, 0) is 19.4 Å². The molecule has 7 nitrogen and oxygen atoms in total. The average Bonchev–Trinajstić information content (AvgIpc) is 3.10. The number of aliphatic imine (C=N–C) groups is 1. The van der Waals surface area contributed by atoms with E-state index in [1.807, 2.05) is 24.5 Å². The van der Waals surface area contributed by atoms with Crippen LogP contribution in [-0.4, -0.2) is 54.2 Å². The molecule has 29 heavy (non-hydrogen) atoms. The first kappa shape index (κ1) is 23.1. The maximum absolute atomic E-state index is 5.41. The molecule has 0 saturated carbocycles. The van der Waals surface area contributed by atoms with E-state index >= 15 is 0 Å². The van der Waals surface area contributed by atoms with Crippen molar-refractivity contribution in [3.63, 3.8) is 0 Å². The van der Waals surface area contributed by atoms with E-state index in [4.69, 9.17) is 4.74 Å². The van der Waals surface area contributed by atoms with Crippen LogP contribution in [0.15, 0.2) is 34.4 Å². The molecular weight excluding hydrogens is 384 g/mol. The molecule has 2 aromatic rings. The molecule has 2 rings (SSSR count). The summed E-state index contributed by atoms with van der Waals surface area (Å²) in [4.78, 5) is 4.31. The predicted octanol–water partition coefficient (Wildman–Crippen LogP) is 3.00. The quantitative estimate of drug-likeness (QED) is 0.253. The Bertz CT molecular complexity index is 774. The lowest BCUT2D eigenvalue weighted by Crippen LogP contribution is -2.38. The van der Waals surface area contributed by atoms with Crippen molar-refractivity contribution in [3.8, 4) is 5.75 Å². The Balaban J connectivity index is 1.75. The van der Waals surface area contributed by atoms with Gasteiger partial charge in [0.2, 0.25) is 0 Å². The van der Waals surface area contributed by atoms with Crippen molar-refractivity contribution in [2.45, 2.75) is 44.8 Å². The van der Waals surface area contributed by atoms with Gasteiger partial charge in [-0.2, -0.15) is 0 Å². The molecule has 0 radical (unpaired) electrons. The molecule has 0 unspecified atom stereocenters. The number of thioether (sulfide) groups is 1. The van der Waals surface area contributed by atoms with Crippen LogP contribution in [0.2, 0.25) is 0 Å². The Labute approximate surface area is 178 Å². The van der Waals surface area contributed by atoms with Crippen LogP contribution >= 0.6 is 11.8 Å². The molecule has 0 aliphatic heterocycles. The second kappa shape index (κ2) is 12.4. The zero-order valence-electron chi connectivity index (χ0n) is 18.2. The van der Waals surface area contributed by atoms with Gasteiger partial charge in [0.15, 0.2) is 11.1 Å². The summed E-state index contributed by atoms with van der Waals surface area (Å²) in [5.41, 5.74) is 1.19. The number of guanidine groups is 1. The Morgan fingerprint density at radius 2 is 1.93 bits per heavy atom. The molecule has 0 amide bonds. The summed E-state index contributed by atoms with van der Waals surface area (Å²) in [5.74, 6) is 3.37. The third-order valence-electron chi connectivity index (χ3n) is 4.50. The fraction of sp³-hybridized carbons (Fsp3) is 0.571. The fourth-order valence-corrected chi connectivity index (χ4v) is 3.63. The molecule has 2 N–H and O–H groups in total. The smallest absolute Gasteiger partial charge is 0.190 e. The first-order chi connectivity index (χ1) is 14.1. The highest BCUT2D eigenvalue weighted by molar-refractivity contribution is 7.98. The maximum atomic E-state index is 5.41. The fourth-order valence-electron chi connectivity index (χ4n) is 3.10. The third-order valence-corrected chi connectivity index (χ3v) is 5.16. The van der Waals surface area contributed by atoms with Gasteiger partial charge in [-0.05, 0) is 36.6 Å². The molecule has 0 spiro atoms. The van der Waals surface area contributed by atoms with Gasteiger partial charge in [0.25, 0.3) is 0 Å². The second-order valence-electron chi connectivity index (χ2n) is 7.20. The van der Waals surface area contributed by atoms with Gasteiger partial charge in [0.05, 0.1) is 7.11 Å². The summed E-state index contributed by atoms with van der Waals surface area (Å²) in [7, 11) is 3.50. The van der Waals surface area contributed by atoms with Crippen molar-refractivity contribution < 1.29 is 4.74 Å². The number of ether oxygens (including phenoxy) is 1. The van der Waals surface area contributed by atoms with E-state index in [1.165, 1.54) is 5.56 Å². The van der Waals surface area contributed by atoms with Crippen molar-refractivity contribution >= 4 is 17.7 Å². The largest absolute Gasteiger partial charge is 0.496 e. The van der Waals surface area contributed by atoms with E-state index in [9.17, 15) is 0 Å². The number of nitrogens with one attached hydrogen (secondary N) is 2. The van der Waals surface area contributed by atoms with E-state index in [-0.39, 0.29) is 0 Å². The monoisotopic (exact) mass is 418 g/mol. The molecular formula is C21H34N6OS.